The fraction of sp³-hybridized carbons (Fsp3) is 0.222. The molecular formula is C9H6F5NO2. The van der Waals surface area contributed by atoms with Crippen LogP contribution in [-0.4, -0.2) is 28.0 Å². The molecule has 1 heterocycles. The number of nitrogens with one attached hydrogen (secondary N) is 1. The molecule has 0 saturated carbocycles. The van der Waals surface area contributed by atoms with Gasteiger partial charge in [-0.3, -0.25) is 4.79 Å². The zero-order chi connectivity index (χ0) is 13.3. The molecule has 1 aromatic heterocycles. The van der Waals surface area contributed by atoms with Crippen LogP contribution in [0.3, 0.4) is 0 Å². The molecule has 3 nitrogen and oxygen atoms in total. The van der Waals surface area contributed by atoms with E-state index in [0.717, 1.165) is 6.20 Å². The molecule has 0 bridgehead atoms. The SMILES string of the molecule is O=C(/C=C(\O)c1cc[nH]c1)C(F)(F)C(F)(F)F. The van der Waals surface area contributed by atoms with E-state index in [1.54, 1.807) is 0 Å². The van der Waals surface area contributed by atoms with Crippen LogP contribution in [0.1, 0.15) is 5.56 Å². The Morgan fingerprint density at radius 1 is 1.29 bits per heavy atom. The van der Waals surface area contributed by atoms with Gasteiger partial charge in [0, 0.05) is 24.0 Å². The smallest absolute Gasteiger partial charge is 0.461 e. The molecule has 1 rings (SSSR count). The quantitative estimate of drug-likeness (QED) is 0.495. The number of allylic oxidation sites excluding steroid dienone is 1. The summed E-state index contributed by atoms with van der Waals surface area (Å²) < 4.78 is 60.3. The summed E-state index contributed by atoms with van der Waals surface area (Å²) in [4.78, 5) is 13.1. The van der Waals surface area contributed by atoms with E-state index in [1.807, 2.05) is 0 Å². The van der Waals surface area contributed by atoms with Crippen molar-refractivity contribution in [3.8, 4) is 0 Å². The van der Waals surface area contributed by atoms with Gasteiger partial charge in [-0.2, -0.15) is 22.0 Å². The van der Waals surface area contributed by atoms with Gasteiger partial charge in [0.25, 0.3) is 0 Å². The Bertz CT molecular complexity index is 433. The Labute approximate surface area is 91.6 Å². The van der Waals surface area contributed by atoms with Crippen molar-refractivity contribution < 1.29 is 31.9 Å². The number of aliphatic hydroxyl groups is 1. The fourth-order valence-electron chi connectivity index (χ4n) is 0.921. The molecule has 94 valence electrons. The Morgan fingerprint density at radius 2 is 1.88 bits per heavy atom. The number of hydrogen-bond donors (Lipinski definition) is 2. The van der Waals surface area contributed by atoms with Gasteiger partial charge >= 0.3 is 12.1 Å². The van der Waals surface area contributed by atoms with Gasteiger partial charge in [-0.15, -0.1) is 0 Å². The predicted molar refractivity (Wildman–Crippen MR) is 47.4 cm³/mol. The van der Waals surface area contributed by atoms with Gasteiger partial charge in [0.1, 0.15) is 5.76 Å². The van der Waals surface area contributed by atoms with E-state index < -0.39 is 23.6 Å². The second-order valence-corrected chi connectivity index (χ2v) is 3.07. The lowest BCUT2D eigenvalue weighted by Crippen LogP contribution is -2.43. The Kier molecular flexibility index (Phi) is 3.25. The number of hydrogen-bond acceptors (Lipinski definition) is 2. The summed E-state index contributed by atoms with van der Waals surface area (Å²) in [5.74, 6) is -9.01. The van der Waals surface area contributed by atoms with Gasteiger partial charge in [-0.1, -0.05) is 0 Å². The molecule has 0 aromatic carbocycles. The summed E-state index contributed by atoms with van der Waals surface area (Å²) in [5, 5.41) is 9.13. The van der Waals surface area contributed by atoms with Crippen molar-refractivity contribution >= 4 is 11.5 Å². The molecule has 1 aromatic rings. The summed E-state index contributed by atoms with van der Waals surface area (Å²) in [6.07, 6.45) is -3.72. The van der Waals surface area contributed by atoms with Crippen molar-refractivity contribution in [1.29, 1.82) is 0 Å². The lowest BCUT2D eigenvalue weighted by Gasteiger charge is -2.16. The molecule has 17 heavy (non-hydrogen) atoms. The van der Waals surface area contributed by atoms with Crippen LogP contribution in [0.15, 0.2) is 24.5 Å². The minimum atomic E-state index is -5.99. The standard InChI is InChI=1S/C9H6F5NO2/c10-8(11,9(12,13)14)7(17)3-6(16)5-1-2-15-4-5/h1-4,15-16H/b6-3-. The lowest BCUT2D eigenvalue weighted by atomic mass is 10.1. The predicted octanol–water partition coefficient (Wildman–Crippen LogP) is 2.68. The van der Waals surface area contributed by atoms with E-state index in [4.69, 9.17) is 5.11 Å². The third-order valence-electron chi connectivity index (χ3n) is 1.83. The van der Waals surface area contributed by atoms with Crippen molar-refractivity contribution in [1.82, 2.24) is 4.98 Å². The number of rotatable bonds is 3. The third kappa shape index (κ3) is 2.63. The molecular weight excluding hydrogens is 249 g/mol. The lowest BCUT2D eigenvalue weighted by molar-refractivity contribution is -0.266. The number of carbonyl (C=O) groups excluding carboxylic acids is 1. The second kappa shape index (κ2) is 4.19. The van der Waals surface area contributed by atoms with Crippen molar-refractivity contribution in [2.45, 2.75) is 12.1 Å². The minimum Gasteiger partial charge on any atom is -0.507 e. The van der Waals surface area contributed by atoms with Crippen LogP contribution in [0.5, 0.6) is 0 Å². The molecule has 0 amide bonds. The van der Waals surface area contributed by atoms with Crippen LogP contribution < -0.4 is 0 Å². The molecule has 0 radical (unpaired) electrons. The molecule has 0 atom stereocenters. The van der Waals surface area contributed by atoms with Crippen LogP contribution in [-0.2, 0) is 4.79 Å². The molecule has 0 fully saturated rings. The van der Waals surface area contributed by atoms with E-state index in [0.29, 0.717) is 0 Å². The number of aliphatic hydroxyl groups excluding tert-OH is 1. The average molecular weight is 255 g/mol. The number of alkyl halides is 5. The summed E-state index contributed by atoms with van der Waals surface area (Å²) in [7, 11) is 0. The van der Waals surface area contributed by atoms with E-state index in [9.17, 15) is 26.7 Å². The molecule has 0 aliphatic heterocycles. The highest BCUT2D eigenvalue weighted by Crippen LogP contribution is 2.36. The summed E-state index contributed by atoms with van der Waals surface area (Å²) in [6, 6.07) is 1.20. The fourth-order valence-corrected chi connectivity index (χ4v) is 0.921. The van der Waals surface area contributed by atoms with Crippen LogP contribution in [0.4, 0.5) is 22.0 Å². The molecule has 0 aliphatic rings. The Morgan fingerprint density at radius 3 is 2.29 bits per heavy atom. The van der Waals surface area contributed by atoms with Gasteiger partial charge in [0.05, 0.1) is 0 Å². The van der Waals surface area contributed by atoms with Crippen LogP contribution in [0.25, 0.3) is 5.76 Å². The number of H-pyrrole nitrogens is 1. The van der Waals surface area contributed by atoms with Gasteiger partial charge in [-0.25, -0.2) is 0 Å². The average Bonchev–Trinajstić information content (AvgIpc) is 2.68. The van der Waals surface area contributed by atoms with E-state index in [2.05, 4.69) is 4.98 Å². The van der Waals surface area contributed by atoms with Gasteiger partial charge in [0.15, 0.2) is 0 Å². The van der Waals surface area contributed by atoms with Crippen LogP contribution in [0.2, 0.25) is 0 Å². The summed E-state index contributed by atoms with van der Waals surface area (Å²) in [6.45, 7) is 0. The van der Waals surface area contributed by atoms with Gasteiger partial charge < -0.3 is 10.1 Å². The van der Waals surface area contributed by atoms with Crippen molar-refractivity contribution in [3.63, 3.8) is 0 Å². The summed E-state index contributed by atoms with van der Waals surface area (Å²) in [5.41, 5.74) is -0.0728. The number of halogens is 5. The summed E-state index contributed by atoms with van der Waals surface area (Å²) >= 11 is 0. The molecule has 8 heteroatoms. The first kappa shape index (κ1) is 13.2. The highest BCUT2D eigenvalue weighted by molar-refractivity contribution is 6.00. The molecule has 0 unspecified atom stereocenters. The van der Waals surface area contributed by atoms with Gasteiger partial charge in [-0.05, 0) is 6.07 Å². The molecule has 0 saturated heterocycles. The first-order valence-electron chi connectivity index (χ1n) is 4.19. The maximum absolute atomic E-state index is 12.5. The zero-order valence-electron chi connectivity index (χ0n) is 8.05. The molecule has 2 N–H and O–H groups in total. The minimum absolute atomic E-state index is 0.0728. The molecule has 0 aliphatic carbocycles. The van der Waals surface area contributed by atoms with E-state index in [-0.39, 0.29) is 11.6 Å². The number of carbonyl (C=O) groups is 1. The van der Waals surface area contributed by atoms with Crippen LogP contribution >= 0.6 is 0 Å². The number of aromatic nitrogens is 1. The van der Waals surface area contributed by atoms with E-state index >= 15 is 0 Å². The first-order valence-corrected chi connectivity index (χ1v) is 4.19. The number of ketones is 1. The highest BCUT2D eigenvalue weighted by Gasteiger charge is 2.62. The second-order valence-electron chi connectivity index (χ2n) is 3.07. The Hall–Kier alpha value is -1.86. The first-order chi connectivity index (χ1) is 7.66. The zero-order valence-corrected chi connectivity index (χ0v) is 8.05. The van der Waals surface area contributed by atoms with Gasteiger partial charge in [0.2, 0.25) is 5.78 Å². The normalized spacial score (nSPS) is 13.8. The maximum Gasteiger partial charge on any atom is 0.461 e. The topological polar surface area (TPSA) is 53.1 Å². The monoisotopic (exact) mass is 255 g/mol. The van der Waals surface area contributed by atoms with E-state index in [1.165, 1.54) is 12.3 Å². The van der Waals surface area contributed by atoms with Crippen molar-refractivity contribution in [3.05, 3.63) is 30.1 Å². The van der Waals surface area contributed by atoms with Crippen molar-refractivity contribution in [2.24, 2.45) is 0 Å². The Balaban J connectivity index is 2.97. The third-order valence-corrected chi connectivity index (χ3v) is 1.83. The van der Waals surface area contributed by atoms with Crippen LogP contribution in [0, 0.1) is 0 Å². The highest BCUT2D eigenvalue weighted by atomic mass is 19.4. The molecule has 0 spiro atoms. The largest absolute Gasteiger partial charge is 0.507 e. The number of aromatic amines is 1. The van der Waals surface area contributed by atoms with Crippen molar-refractivity contribution in [2.75, 3.05) is 0 Å². The maximum atomic E-state index is 12.5.